The Hall–Kier alpha value is -3.47. The topological polar surface area (TPSA) is 120 Å². The van der Waals surface area contributed by atoms with Crippen molar-refractivity contribution in [3.63, 3.8) is 0 Å². The molecule has 2 atom stereocenters. The maximum Gasteiger partial charge on any atom is 0.410 e. The van der Waals surface area contributed by atoms with Crippen LogP contribution >= 0.6 is 0 Å². The van der Waals surface area contributed by atoms with Crippen LogP contribution in [0.15, 0.2) is 18.2 Å². The molecule has 1 aromatic carbocycles. The van der Waals surface area contributed by atoms with E-state index in [0.29, 0.717) is 5.56 Å². The van der Waals surface area contributed by atoms with E-state index >= 15 is 0 Å². The third-order valence-corrected chi connectivity index (χ3v) is 7.88. The molecule has 4 heterocycles. The Balaban J connectivity index is 1.20. The van der Waals surface area contributed by atoms with E-state index in [2.05, 4.69) is 15.1 Å². The van der Waals surface area contributed by atoms with Crippen molar-refractivity contribution in [2.24, 2.45) is 0 Å². The average Bonchev–Trinajstić information content (AvgIpc) is 3.13. The summed E-state index contributed by atoms with van der Waals surface area (Å²) in [5, 5.41) is 2.22. The van der Waals surface area contributed by atoms with E-state index in [9.17, 15) is 24.0 Å². The number of nitrogens with one attached hydrogen (secondary N) is 1. The number of hydrogen-bond acceptors (Lipinski definition) is 8. The Morgan fingerprint density at radius 2 is 1.67 bits per heavy atom. The molecule has 0 saturated carbocycles. The van der Waals surface area contributed by atoms with E-state index in [1.54, 1.807) is 12.1 Å². The summed E-state index contributed by atoms with van der Waals surface area (Å²) in [5.41, 5.74) is 0.907. The van der Waals surface area contributed by atoms with Gasteiger partial charge >= 0.3 is 6.09 Å². The number of imide groups is 2. The lowest BCUT2D eigenvalue weighted by atomic mass is 10.0. The maximum atomic E-state index is 13.2. The molecule has 3 saturated heterocycles. The van der Waals surface area contributed by atoms with Crippen molar-refractivity contribution in [3.05, 3.63) is 29.3 Å². The molecular formula is C28H37N5O6. The van der Waals surface area contributed by atoms with Gasteiger partial charge < -0.3 is 14.5 Å². The number of benzene rings is 1. The monoisotopic (exact) mass is 539 g/mol. The van der Waals surface area contributed by atoms with Crippen LogP contribution in [0.2, 0.25) is 0 Å². The molecule has 11 nitrogen and oxygen atoms in total. The number of fused-ring (bicyclic) bond motifs is 1. The number of piperidine rings is 2. The summed E-state index contributed by atoms with van der Waals surface area (Å²) in [5.74, 6) is -2.00. The SMILES string of the molecule is CC(C)(C)OC(=O)N1CCCCC1CN1CCN(c2ccc3c(c2)C(=O)N(C2CCC(=O)NC2=O)C3=O)CC1. The fraction of sp³-hybridized carbons (Fsp3) is 0.607. The number of carbonyl (C=O) groups is 5. The predicted molar refractivity (Wildman–Crippen MR) is 142 cm³/mol. The first-order chi connectivity index (χ1) is 18.5. The van der Waals surface area contributed by atoms with Crippen molar-refractivity contribution in [1.29, 1.82) is 0 Å². The number of rotatable bonds is 4. The molecule has 4 aliphatic heterocycles. The second-order valence-corrected chi connectivity index (χ2v) is 11.8. The second-order valence-electron chi connectivity index (χ2n) is 11.8. The molecule has 5 rings (SSSR count). The first-order valence-corrected chi connectivity index (χ1v) is 13.8. The zero-order chi connectivity index (χ0) is 27.9. The Bertz CT molecular complexity index is 1190. The minimum atomic E-state index is -0.970. The summed E-state index contributed by atoms with van der Waals surface area (Å²) in [4.78, 5) is 70.2. The number of ether oxygens (including phenoxy) is 1. The highest BCUT2D eigenvalue weighted by molar-refractivity contribution is 6.23. The minimum Gasteiger partial charge on any atom is -0.444 e. The van der Waals surface area contributed by atoms with Gasteiger partial charge in [0.25, 0.3) is 11.8 Å². The summed E-state index contributed by atoms with van der Waals surface area (Å²) in [7, 11) is 0. The van der Waals surface area contributed by atoms with E-state index in [1.807, 2.05) is 31.7 Å². The summed E-state index contributed by atoms with van der Waals surface area (Å²) in [6, 6.07) is 4.40. The molecule has 2 unspecified atom stereocenters. The standard InChI is InChI=1S/C28H37N5O6/c1-28(2,3)39-27(38)32-11-5-4-6-19(32)17-30-12-14-31(15-13-30)18-7-8-20-21(16-18)26(37)33(25(20)36)22-9-10-23(34)29-24(22)35/h7-8,16,19,22H,4-6,9-15,17H2,1-3H3,(H,29,34,35). The van der Waals surface area contributed by atoms with E-state index in [-0.39, 0.29) is 30.5 Å². The fourth-order valence-corrected chi connectivity index (χ4v) is 5.89. The van der Waals surface area contributed by atoms with E-state index < -0.39 is 35.3 Å². The number of likely N-dealkylation sites (tertiary alicyclic amines) is 1. The third-order valence-electron chi connectivity index (χ3n) is 7.88. The summed E-state index contributed by atoms with van der Waals surface area (Å²) in [6.45, 7) is 10.3. The number of piperazine rings is 1. The summed E-state index contributed by atoms with van der Waals surface area (Å²) < 4.78 is 5.65. The van der Waals surface area contributed by atoms with Gasteiger partial charge in [-0.2, -0.15) is 0 Å². The maximum absolute atomic E-state index is 13.2. The van der Waals surface area contributed by atoms with Crippen molar-refractivity contribution in [2.75, 3.05) is 44.2 Å². The van der Waals surface area contributed by atoms with Gasteiger partial charge in [0, 0.05) is 57.4 Å². The van der Waals surface area contributed by atoms with Crippen LogP contribution in [0.25, 0.3) is 0 Å². The van der Waals surface area contributed by atoms with Crippen LogP contribution in [0.1, 0.15) is 73.6 Å². The molecular weight excluding hydrogens is 502 g/mol. The van der Waals surface area contributed by atoms with Crippen LogP contribution in [-0.2, 0) is 14.3 Å². The number of amides is 5. The molecule has 1 aromatic rings. The lowest BCUT2D eigenvalue weighted by Crippen LogP contribution is -2.54. The van der Waals surface area contributed by atoms with Gasteiger partial charge in [-0.1, -0.05) is 0 Å². The van der Waals surface area contributed by atoms with Crippen molar-refractivity contribution in [1.82, 2.24) is 20.0 Å². The normalized spacial score (nSPS) is 24.6. The second kappa shape index (κ2) is 10.6. The van der Waals surface area contributed by atoms with Crippen molar-refractivity contribution >= 4 is 35.4 Å². The molecule has 0 spiro atoms. The van der Waals surface area contributed by atoms with Crippen LogP contribution < -0.4 is 10.2 Å². The van der Waals surface area contributed by atoms with Gasteiger partial charge in [-0.25, -0.2) is 4.79 Å². The summed E-state index contributed by atoms with van der Waals surface area (Å²) >= 11 is 0. The Kier molecular flexibility index (Phi) is 7.37. The first-order valence-electron chi connectivity index (χ1n) is 13.8. The molecule has 0 radical (unpaired) electrons. The van der Waals surface area contributed by atoms with Gasteiger partial charge in [0.1, 0.15) is 11.6 Å². The van der Waals surface area contributed by atoms with Gasteiger partial charge in [-0.05, 0) is 64.7 Å². The average molecular weight is 540 g/mol. The summed E-state index contributed by atoms with van der Waals surface area (Å²) in [6.07, 6.45) is 3.04. The molecule has 0 aromatic heterocycles. The highest BCUT2D eigenvalue weighted by Crippen LogP contribution is 2.31. The molecule has 11 heteroatoms. The van der Waals surface area contributed by atoms with Crippen LogP contribution in [0.5, 0.6) is 0 Å². The van der Waals surface area contributed by atoms with Crippen molar-refractivity contribution in [3.8, 4) is 0 Å². The zero-order valence-corrected chi connectivity index (χ0v) is 22.9. The van der Waals surface area contributed by atoms with E-state index in [4.69, 9.17) is 4.74 Å². The first kappa shape index (κ1) is 27.1. The third kappa shape index (κ3) is 5.63. The molecule has 39 heavy (non-hydrogen) atoms. The Labute approximate surface area is 228 Å². The van der Waals surface area contributed by atoms with Crippen LogP contribution in [0, 0.1) is 0 Å². The van der Waals surface area contributed by atoms with Gasteiger partial charge in [-0.3, -0.25) is 34.3 Å². The molecule has 0 bridgehead atoms. The minimum absolute atomic E-state index is 0.0930. The number of nitrogens with zero attached hydrogens (tertiary/aromatic N) is 4. The predicted octanol–water partition coefficient (Wildman–Crippen LogP) is 2.00. The van der Waals surface area contributed by atoms with Crippen LogP contribution in [0.3, 0.4) is 0 Å². The van der Waals surface area contributed by atoms with Crippen LogP contribution in [0.4, 0.5) is 10.5 Å². The van der Waals surface area contributed by atoms with E-state index in [1.165, 1.54) is 0 Å². The molecule has 5 amide bonds. The fourth-order valence-electron chi connectivity index (χ4n) is 5.89. The Morgan fingerprint density at radius 3 is 2.36 bits per heavy atom. The van der Waals surface area contributed by atoms with Crippen LogP contribution in [-0.4, -0.2) is 101 Å². The Morgan fingerprint density at radius 1 is 0.949 bits per heavy atom. The molecule has 4 aliphatic rings. The highest BCUT2D eigenvalue weighted by atomic mass is 16.6. The van der Waals surface area contributed by atoms with Gasteiger partial charge in [-0.15, -0.1) is 0 Å². The quantitative estimate of drug-likeness (QED) is 0.577. The van der Waals surface area contributed by atoms with E-state index in [0.717, 1.165) is 69.1 Å². The van der Waals surface area contributed by atoms with Crippen molar-refractivity contribution < 1.29 is 28.7 Å². The van der Waals surface area contributed by atoms with Gasteiger partial charge in [0.15, 0.2) is 0 Å². The molecule has 0 aliphatic carbocycles. The highest BCUT2D eigenvalue weighted by Gasteiger charge is 2.45. The molecule has 3 fully saturated rings. The largest absolute Gasteiger partial charge is 0.444 e. The lowest BCUT2D eigenvalue weighted by molar-refractivity contribution is -0.136. The number of carbonyl (C=O) groups excluding carboxylic acids is 5. The zero-order valence-electron chi connectivity index (χ0n) is 22.9. The molecule has 210 valence electrons. The van der Waals surface area contributed by atoms with Gasteiger partial charge in [0.05, 0.1) is 11.1 Å². The lowest BCUT2D eigenvalue weighted by Gasteiger charge is -2.42. The molecule has 1 N–H and O–H groups in total. The smallest absolute Gasteiger partial charge is 0.410 e. The van der Waals surface area contributed by atoms with Gasteiger partial charge in [0.2, 0.25) is 11.8 Å². The number of anilines is 1. The number of hydrogen-bond donors (Lipinski definition) is 1. The van der Waals surface area contributed by atoms with Crippen molar-refractivity contribution in [2.45, 2.75) is 70.6 Å².